The van der Waals surface area contributed by atoms with E-state index in [9.17, 15) is 8.78 Å². The van der Waals surface area contributed by atoms with Crippen molar-refractivity contribution in [1.29, 1.82) is 10.5 Å². The van der Waals surface area contributed by atoms with E-state index in [0.29, 0.717) is 5.69 Å². The lowest BCUT2D eigenvalue weighted by atomic mass is 10.0. The summed E-state index contributed by atoms with van der Waals surface area (Å²) < 4.78 is 25.1. The number of alkyl halides is 3. The largest absolute Gasteiger partial charge is 0.266 e. The van der Waals surface area contributed by atoms with E-state index < -0.39 is 12.0 Å². The third-order valence-corrected chi connectivity index (χ3v) is 2.28. The molecule has 1 aromatic rings. The van der Waals surface area contributed by atoms with E-state index in [2.05, 4.69) is 4.98 Å². The van der Waals surface area contributed by atoms with E-state index in [-0.39, 0.29) is 23.4 Å². The first kappa shape index (κ1) is 12.4. The number of hydrogen-bond acceptors (Lipinski definition) is 3. The molecule has 0 aliphatic heterocycles. The molecule has 0 aliphatic carbocycles. The van der Waals surface area contributed by atoms with Crippen molar-refractivity contribution in [3.8, 4) is 12.1 Å². The molecule has 16 heavy (non-hydrogen) atoms. The van der Waals surface area contributed by atoms with Crippen LogP contribution in [-0.2, 0) is 12.3 Å². The molecule has 0 N–H and O–H groups in total. The molecule has 0 bridgehead atoms. The Labute approximate surface area is 95.9 Å². The second-order valence-electron chi connectivity index (χ2n) is 2.89. The van der Waals surface area contributed by atoms with Gasteiger partial charge in [0, 0.05) is 11.8 Å². The summed E-state index contributed by atoms with van der Waals surface area (Å²) in [6.45, 7) is 0. The van der Waals surface area contributed by atoms with Gasteiger partial charge in [0.15, 0.2) is 0 Å². The molecular formula is C10H6ClF2N3. The maximum absolute atomic E-state index is 12.6. The molecule has 6 heteroatoms. The van der Waals surface area contributed by atoms with Crippen LogP contribution in [0.25, 0.3) is 0 Å². The average molecular weight is 242 g/mol. The number of rotatable bonds is 3. The summed E-state index contributed by atoms with van der Waals surface area (Å²) in [5.74, 6) is -0.0186. The summed E-state index contributed by atoms with van der Waals surface area (Å²) in [5.41, 5.74) is -0.161. The van der Waals surface area contributed by atoms with E-state index in [4.69, 9.17) is 22.1 Å². The second kappa shape index (κ2) is 5.39. The molecule has 0 saturated heterocycles. The van der Waals surface area contributed by atoms with Crippen LogP contribution in [0.1, 0.15) is 28.8 Å². The summed E-state index contributed by atoms with van der Waals surface area (Å²) in [7, 11) is 0. The Balaban J connectivity index is 3.46. The Hall–Kier alpha value is -1.72. The molecule has 0 aliphatic rings. The van der Waals surface area contributed by atoms with Gasteiger partial charge in [-0.05, 0) is 0 Å². The topological polar surface area (TPSA) is 60.5 Å². The zero-order valence-corrected chi connectivity index (χ0v) is 8.80. The molecular weight excluding hydrogens is 236 g/mol. The normalized spacial score (nSPS) is 9.88. The summed E-state index contributed by atoms with van der Waals surface area (Å²) in [4.78, 5) is 3.73. The molecule has 82 valence electrons. The van der Waals surface area contributed by atoms with Crippen LogP contribution in [0.2, 0.25) is 0 Å². The van der Waals surface area contributed by atoms with Gasteiger partial charge in [-0.1, -0.05) is 0 Å². The maximum atomic E-state index is 12.6. The van der Waals surface area contributed by atoms with Crippen molar-refractivity contribution in [3.05, 3.63) is 28.6 Å². The third-order valence-electron chi connectivity index (χ3n) is 2.03. The number of nitrogens with zero attached hydrogens (tertiary/aromatic N) is 3. The quantitative estimate of drug-likeness (QED) is 0.765. The standard InChI is InChI=1S/C10H6ClF2N3/c11-3-9-6(1-2-14)7(4-15)8(5-16-9)10(12)13/h5,10H,1,3H2. The van der Waals surface area contributed by atoms with Crippen LogP contribution in [-0.4, -0.2) is 4.98 Å². The van der Waals surface area contributed by atoms with E-state index in [1.54, 1.807) is 12.1 Å². The first-order chi connectivity index (χ1) is 7.65. The van der Waals surface area contributed by atoms with Gasteiger partial charge in [-0.3, -0.25) is 4.98 Å². The van der Waals surface area contributed by atoms with Crippen LogP contribution in [0.4, 0.5) is 8.78 Å². The Morgan fingerprint density at radius 2 is 2.12 bits per heavy atom. The Kier molecular flexibility index (Phi) is 4.16. The zero-order chi connectivity index (χ0) is 12.1. The highest BCUT2D eigenvalue weighted by atomic mass is 35.5. The number of aromatic nitrogens is 1. The van der Waals surface area contributed by atoms with Crippen LogP contribution in [0.15, 0.2) is 6.20 Å². The molecule has 0 unspecified atom stereocenters. The van der Waals surface area contributed by atoms with Gasteiger partial charge in [0.2, 0.25) is 0 Å². The van der Waals surface area contributed by atoms with Crippen LogP contribution >= 0.6 is 11.6 Å². The summed E-state index contributed by atoms with van der Waals surface area (Å²) in [6.07, 6.45) is -2.01. The monoisotopic (exact) mass is 241 g/mol. The molecule has 1 rings (SSSR count). The fraction of sp³-hybridized carbons (Fsp3) is 0.300. The highest BCUT2D eigenvalue weighted by molar-refractivity contribution is 6.17. The summed E-state index contributed by atoms with van der Waals surface area (Å²) >= 11 is 5.56. The predicted molar refractivity (Wildman–Crippen MR) is 52.8 cm³/mol. The van der Waals surface area contributed by atoms with Gasteiger partial charge in [0.05, 0.1) is 35.2 Å². The minimum Gasteiger partial charge on any atom is -0.259 e. The maximum Gasteiger partial charge on any atom is 0.266 e. The average Bonchev–Trinajstić information content (AvgIpc) is 2.28. The fourth-order valence-electron chi connectivity index (χ4n) is 1.29. The molecule has 0 radical (unpaired) electrons. The molecule has 0 saturated carbocycles. The molecule has 3 nitrogen and oxygen atoms in total. The van der Waals surface area contributed by atoms with Crippen molar-refractivity contribution in [2.45, 2.75) is 18.7 Å². The van der Waals surface area contributed by atoms with Crippen molar-refractivity contribution >= 4 is 11.6 Å². The van der Waals surface area contributed by atoms with Crippen molar-refractivity contribution in [3.63, 3.8) is 0 Å². The molecule has 0 fully saturated rings. The highest BCUT2D eigenvalue weighted by Gasteiger charge is 2.19. The first-order valence-corrected chi connectivity index (χ1v) is 4.81. The van der Waals surface area contributed by atoms with Gasteiger partial charge in [-0.25, -0.2) is 8.78 Å². The van der Waals surface area contributed by atoms with Crippen LogP contribution < -0.4 is 0 Å². The van der Waals surface area contributed by atoms with E-state index in [0.717, 1.165) is 6.20 Å². The van der Waals surface area contributed by atoms with Gasteiger partial charge in [-0.15, -0.1) is 11.6 Å². The van der Waals surface area contributed by atoms with E-state index in [1.165, 1.54) is 0 Å². The Morgan fingerprint density at radius 3 is 2.56 bits per heavy atom. The molecule has 0 spiro atoms. The van der Waals surface area contributed by atoms with Gasteiger partial charge in [-0.2, -0.15) is 10.5 Å². The lowest BCUT2D eigenvalue weighted by Gasteiger charge is -2.09. The predicted octanol–water partition coefficient (Wildman–Crippen LogP) is 2.70. The lowest BCUT2D eigenvalue weighted by molar-refractivity contribution is 0.150. The molecule has 1 heterocycles. The van der Waals surface area contributed by atoms with Crippen molar-refractivity contribution < 1.29 is 8.78 Å². The Morgan fingerprint density at radius 1 is 1.44 bits per heavy atom. The second-order valence-corrected chi connectivity index (χ2v) is 3.16. The number of hydrogen-bond donors (Lipinski definition) is 0. The first-order valence-electron chi connectivity index (χ1n) is 4.27. The molecule has 0 atom stereocenters. The van der Waals surface area contributed by atoms with Crippen molar-refractivity contribution in [2.75, 3.05) is 0 Å². The van der Waals surface area contributed by atoms with Crippen molar-refractivity contribution in [1.82, 2.24) is 4.98 Å². The number of pyridine rings is 1. The highest BCUT2D eigenvalue weighted by Crippen LogP contribution is 2.26. The number of nitriles is 2. The third kappa shape index (κ3) is 2.26. The van der Waals surface area contributed by atoms with E-state index >= 15 is 0 Å². The van der Waals surface area contributed by atoms with Crippen LogP contribution in [0, 0.1) is 22.7 Å². The fourth-order valence-corrected chi connectivity index (χ4v) is 1.52. The van der Waals surface area contributed by atoms with Gasteiger partial charge < -0.3 is 0 Å². The van der Waals surface area contributed by atoms with Gasteiger partial charge in [0.25, 0.3) is 6.43 Å². The lowest BCUT2D eigenvalue weighted by Crippen LogP contribution is -2.04. The SMILES string of the molecule is N#CCc1c(CCl)ncc(C(F)F)c1C#N. The number of halogens is 3. The molecule has 0 aromatic carbocycles. The van der Waals surface area contributed by atoms with Crippen LogP contribution in [0.5, 0.6) is 0 Å². The Bertz CT molecular complexity index is 474. The van der Waals surface area contributed by atoms with Gasteiger partial charge in [0.1, 0.15) is 6.07 Å². The minimum absolute atomic E-state index is 0.0186. The zero-order valence-electron chi connectivity index (χ0n) is 8.04. The minimum atomic E-state index is -2.79. The van der Waals surface area contributed by atoms with Gasteiger partial charge >= 0.3 is 0 Å². The summed E-state index contributed by atoms with van der Waals surface area (Å²) in [5, 5.41) is 17.4. The summed E-state index contributed by atoms with van der Waals surface area (Å²) in [6, 6.07) is 3.48. The van der Waals surface area contributed by atoms with Crippen molar-refractivity contribution in [2.24, 2.45) is 0 Å². The molecule has 0 amide bonds. The van der Waals surface area contributed by atoms with Crippen LogP contribution in [0.3, 0.4) is 0 Å². The molecule has 1 aromatic heterocycles. The van der Waals surface area contributed by atoms with E-state index in [1.807, 2.05) is 0 Å². The smallest absolute Gasteiger partial charge is 0.259 e.